The molecule has 0 aromatic heterocycles. The van der Waals surface area contributed by atoms with Crippen molar-refractivity contribution in [1.82, 2.24) is 5.32 Å². The molecule has 0 radical (unpaired) electrons. The monoisotopic (exact) mass is 217 g/mol. The molecule has 0 heterocycles. The van der Waals surface area contributed by atoms with Crippen LogP contribution in [0.3, 0.4) is 0 Å². The van der Waals surface area contributed by atoms with Gasteiger partial charge in [-0.15, -0.1) is 0 Å². The van der Waals surface area contributed by atoms with Crippen LogP contribution in [0, 0.1) is 5.92 Å². The Hall–Kier alpha value is -1.10. The number of carbonyl (C=O) groups excluding carboxylic acids is 1. The molecule has 88 valence electrons. The van der Waals surface area contributed by atoms with Crippen molar-refractivity contribution in [1.29, 1.82) is 0 Å². The molecule has 2 N–H and O–H groups in total. The van der Waals surface area contributed by atoms with Gasteiger partial charge in [-0.05, 0) is 12.3 Å². The first kappa shape index (κ1) is 13.9. The van der Waals surface area contributed by atoms with Crippen LogP contribution < -0.4 is 5.32 Å². The summed E-state index contributed by atoms with van der Waals surface area (Å²) in [5.74, 6) is -1.39. The first-order valence-corrected chi connectivity index (χ1v) is 5.00. The maximum absolute atomic E-state index is 11.3. The van der Waals surface area contributed by atoms with Crippen molar-refractivity contribution in [2.24, 2.45) is 5.92 Å². The largest absolute Gasteiger partial charge is 0.480 e. The summed E-state index contributed by atoms with van der Waals surface area (Å²) >= 11 is 0. The second kappa shape index (κ2) is 6.40. The van der Waals surface area contributed by atoms with Gasteiger partial charge in [0.15, 0.2) is 0 Å². The fourth-order valence-corrected chi connectivity index (χ4v) is 1.24. The number of carboxylic acids is 1. The molecular weight excluding hydrogens is 198 g/mol. The molecule has 5 heteroatoms. The summed E-state index contributed by atoms with van der Waals surface area (Å²) in [6.07, 6.45) is 0.426. The zero-order chi connectivity index (χ0) is 12.0. The number of carbonyl (C=O) groups is 2. The Balaban J connectivity index is 4.52. The van der Waals surface area contributed by atoms with E-state index < -0.39 is 24.0 Å². The van der Waals surface area contributed by atoms with Gasteiger partial charge in [0.1, 0.15) is 12.1 Å². The van der Waals surface area contributed by atoms with Gasteiger partial charge in [0, 0.05) is 0 Å². The van der Waals surface area contributed by atoms with Crippen LogP contribution in [-0.4, -0.2) is 36.2 Å². The van der Waals surface area contributed by atoms with Crippen LogP contribution in [0.5, 0.6) is 0 Å². The molecule has 0 aliphatic carbocycles. The van der Waals surface area contributed by atoms with E-state index in [1.165, 1.54) is 7.11 Å². The van der Waals surface area contributed by atoms with Gasteiger partial charge < -0.3 is 9.84 Å². The zero-order valence-electron chi connectivity index (χ0n) is 9.61. The summed E-state index contributed by atoms with van der Waals surface area (Å²) in [5.41, 5.74) is 0. The maximum atomic E-state index is 11.3. The molecule has 0 fully saturated rings. The van der Waals surface area contributed by atoms with Gasteiger partial charge in [0.2, 0.25) is 0 Å². The van der Waals surface area contributed by atoms with Gasteiger partial charge in [-0.25, -0.2) is 0 Å². The molecule has 0 rings (SSSR count). The summed E-state index contributed by atoms with van der Waals surface area (Å²) in [6, 6.07) is -1.28. The first-order valence-electron chi connectivity index (χ1n) is 5.00. The lowest BCUT2D eigenvalue weighted by atomic mass is 10.0. The molecule has 1 unspecified atom stereocenters. The summed E-state index contributed by atoms with van der Waals surface area (Å²) in [5, 5.41) is 11.6. The third-order valence-electron chi connectivity index (χ3n) is 2.21. The molecule has 5 nitrogen and oxygen atoms in total. The SMILES string of the molecule is CCC(N[C@H](C(=O)OC)C(C)C)C(=O)O. The minimum atomic E-state index is -0.952. The topological polar surface area (TPSA) is 75.6 Å². The molecule has 0 saturated carbocycles. The molecule has 0 bridgehead atoms. The van der Waals surface area contributed by atoms with Crippen LogP contribution in [-0.2, 0) is 14.3 Å². The van der Waals surface area contributed by atoms with E-state index in [0.717, 1.165) is 0 Å². The Kier molecular flexibility index (Phi) is 5.93. The molecular formula is C10H19NO4. The molecule has 0 amide bonds. The summed E-state index contributed by atoms with van der Waals surface area (Å²) in [6.45, 7) is 5.42. The number of methoxy groups -OCH3 is 1. The Labute approximate surface area is 89.8 Å². The highest BCUT2D eigenvalue weighted by Crippen LogP contribution is 2.06. The van der Waals surface area contributed by atoms with E-state index in [4.69, 9.17) is 5.11 Å². The van der Waals surface area contributed by atoms with E-state index in [0.29, 0.717) is 6.42 Å². The van der Waals surface area contributed by atoms with Gasteiger partial charge in [-0.2, -0.15) is 0 Å². The maximum Gasteiger partial charge on any atom is 0.323 e. The van der Waals surface area contributed by atoms with E-state index in [9.17, 15) is 9.59 Å². The number of rotatable bonds is 6. The van der Waals surface area contributed by atoms with Crippen LogP contribution in [0.15, 0.2) is 0 Å². The van der Waals surface area contributed by atoms with Crippen LogP contribution in [0.25, 0.3) is 0 Å². The Morgan fingerprint density at radius 2 is 1.93 bits per heavy atom. The van der Waals surface area contributed by atoms with Crippen molar-refractivity contribution in [3.63, 3.8) is 0 Å². The standard InChI is InChI=1S/C10H19NO4/c1-5-7(9(12)13)11-8(6(2)3)10(14)15-4/h6-8,11H,5H2,1-4H3,(H,12,13)/t7?,8-/m0/s1. The number of nitrogens with one attached hydrogen (secondary N) is 1. The van der Waals surface area contributed by atoms with Crippen molar-refractivity contribution in [3.8, 4) is 0 Å². The molecule has 15 heavy (non-hydrogen) atoms. The highest BCUT2D eigenvalue weighted by Gasteiger charge is 2.27. The number of aliphatic carboxylic acids is 1. The number of esters is 1. The average molecular weight is 217 g/mol. The lowest BCUT2D eigenvalue weighted by molar-refractivity contribution is -0.146. The van der Waals surface area contributed by atoms with Crippen molar-refractivity contribution in [2.75, 3.05) is 7.11 Å². The number of hydrogen-bond acceptors (Lipinski definition) is 4. The van der Waals surface area contributed by atoms with Crippen molar-refractivity contribution < 1.29 is 19.4 Å². The average Bonchev–Trinajstić information content (AvgIpc) is 2.17. The van der Waals surface area contributed by atoms with Gasteiger partial charge >= 0.3 is 11.9 Å². The predicted molar refractivity (Wildman–Crippen MR) is 55.5 cm³/mol. The quantitative estimate of drug-likeness (QED) is 0.638. The smallest absolute Gasteiger partial charge is 0.323 e. The fourth-order valence-electron chi connectivity index (χ4n) is 1.24. The fraction of sp³-hybridized carbons (Fsp3) is 0.800. The second-order valence-electron chi connectivity index (χ2n) is 3.71. The summed E-state index contributed by atoms with van der Waals surface area (Å²) in [4.78, 5) is 22.1. The first-order chi connectivity index (χ1) is 6.93. The number of carboxylic acid groups (broad SMARTS) is 1. The predicted octanol–water partition coefficient (Wildman–Crippen LogP) is 0.637. The van der Waals surface area contributed by atoms with Crippen LogP contribution in [0.1, 0.15) is 27.2 Å². The highest BCUT2D eigenvalue weighted by molar-refractivity contribution is 5.78. The molecule has 0 aliphatic heterocycles. The second-order valence-corrected chi connectivity index (χ2v) is 3.71. The minimum Gasteiger partial charge on any atom is -0.480 e. The van der Waals surface area contributed by atoms with Gasteiger partial charge in [-0.3, -0.25) is 14.9 Å². The van der Waals surface area contributed by atoms with Gasteiger partial charge in [0.05, 0.1) is 7.11 Å². The van der Waals surface area contributed by atoms with E-state index in [1.807, 2.05) is 13.8 Å². The lowest BCUT2D eigenvalue weighted by Crippen LogP contribution is -2.49. The molecule has 0 aromatic carbocycles. The van der Waals surface area contributed by atoms with E-state index >= 15 is 0 Å². The third-order valence-corrected chi connectivity index (χ3v) is 2.21. The normalized spacial score (nSPS) is 14.7. The zero-order valence-corrected chi connectivity index (χ0v) is 9.61. The van der Waals surface area contributed by atoms with E-state index in [-0.39, 0.29) is 5.92 Å². The summed E-state index contributed by atoms with van der Waals surface area (Å²) in [7, 11) is 1.29. The molecule has 0 spiro atoms. The third kappa shape index (κ3) is 4.29. The summed E-state index contributed by atoms with van der Waals surface area (Å²) < 4.78 is 4.60. The molecule has 0 aliphatic rings. The van der Waals surface area contributed by atoms with Crippen LogP contribution in [0.4, 0.5) is 0 Å². The lowest BCUT2D eigenvalue weighted by Gasteiger charge is -2.23. The Bertz CT molecular complexity index is 227. The number of ether oxygens (including phenoxy) is 1. The Morgan fingerprint density at radius 1 is 1.40 bits per heavy atom. The van der Waals surface area contributed by atoms with Gasteiger partial charge in [0.25, 0.3) is 0 Å². The van der Waals surface area contributed by atoms with Gasteiger partial charge in [-0.1, -0.05) is 20.8 Å². The molecule has 0 saturated heterocycles. The van der Waals surface area contributed by atoms with Crippen LogP contribution in [0.2, 0.25) is 0 Å². The highest BCUT2D eigenvalue weighted by atomic mass is 16.5. The Morgan fingerprint density at radius 3 is 2.20 bits per heavy atom. The van der Waals surface area contributed by atoms with Crippen molar-refractivity contribution >= 4 is 11.9 Å². The molecule has 0 aromatic rings. The van der Waals surface area contributed by atoms with E-state index in [2.05, 4.69) is 10.1 Å². The van der Waals surface area contributed by atoms with Crippen molar-refractivity contribution in [3.05, 3.63) is 0 Å². The number of hydrogen-bond donors (Lipinski definition) is 2. The van der Waals surface area contributed by atoms with E-state index in [1.54, 1.807) is 6.92 Å². The molecule has 2 atom stereocenters. The van der Waals surface area contributed by atoms with Crippen molar-refractivity contribution in [2.45, 2.75) is 39.3 Å². The van der Waals surface area contributed by atoms with Crippen LogP contribution >= 0.6 is 0 Å². The minimum absolute atomic E-state index is 0.00847.